The van der Waals surface area contributed by atoms with E-state index >= 15 is 0 Å². The van der Waals surface area contributed by atoms with E-state index in [1.165, 1.54) is 40.0 Å². The Balaban J connectivity index is 1.55. The van der Waals surface area contributed by atoms with Crippen molar-refractivity contribution in [3.05, 3.63) is 31.9 Å². The van der Waals surface area contributed by atoms with Gasteiger partial charge in [0.15, 0.2) is 10.3 Å². The monoisotopic (exact) mass is 406 g/mol. The maximum absolute atomic E-state index is 12.6. The summed E-state index contributed by atoms with van der Waals surface area (Å²) in [5, 5.41) is 6.11. The summed E-state index contributed by atoms with van der Waals surface area (Å²) in [5.74, 6) is -0.155. The maximum Gasteiger partial charge on any atom is 0.260 e. The van der Waals surface area contributed by atoms with Crippen LogP contribution >= 0.6 is 34.4 Å². The van der Waals surface area contributed by atoms with Gasteiger partial charge in [-0.25, -0.2) is 9.97 Å². The number of hydrogen-bond acceptors (Lipinski definition) is 7. The standard InChI is InChI=1S/C17H18N4O2S3/c1-8-7-24-16(18-8)19-13(22)9(2)25-17-20-14(23)12-10-5-3-4-6-11(10)26-15(12)21-17/h7,9H,3-6H2,1-2H3,(H,18,19,22)(H,20,21,23)/t9-/m1/s1. The summed E-state index contributed by atoms with van der Waals surface area (Å²) < 4.78 is 0. The topological polar surface area (TPSA) is 87.7 Å². The number of hydrogen-bond donors (Lipinski definition) is 2. The minimum atomic E-state index is -0.394. The highest BCUT2D eigenvalue weighted by molar-refractivity contribution is 8.00. The van der Waals surface area contributed by atoms with Crippen LogP contribution in [0.25, 0.3) is 10.2 Å². The Morgan fingerprint density at radius 1 is 1.35 bits per heavy atom. The number of anilines is 1. The molecule has 0 unspecified atom stereocenters. The average molecular weight is 407 g/mol. The van der Waals surface area contributed by atoms with Crippen molar-refractivity contribution in [1.82, 2.24) is 15.0 Å². The van der Waals surface area contributed by atoms with Crippen LogP contribution in [0.5, 0.6) is 0 Å². The number of carbonyl (C=O) groups excluding carboxylic acids is 1. The molecule has 0 saturated heterocycles. The summed E-state index contributed by atoms with van der Waals surface area (Å²) in [6, 6.07) is 0. The minimum Gasteiger partial charge on any atom is -0.301 e. The van der Waals surface area contributed by atoms with Gasteiger partial charge in [-0.1, -0.05) is 11.8 Å². The van der Waals surface area contributed by atoms with Crippen molar-refractivity contribution in [2.75, 3.05) is 5.32 Å². The van der Waals surface area contributed by atoms with Gasteiger partial charge < -0.3 is 10.3 Å². The van der Waals surface area contributed by atoms with E-state index in [1.807, 2.05) is 12.3 Å². The lowest BCUT2D eigenvalue weighted by Gasteiger charge is -2.10. The van der Waals surface area contributed by atoms with Crippen LogP contribution in [0.1, 0.15) is 35.9 Å². The number of aromatic nitrogens is 3. The van der Waals surface area contributed by atoms with Crippen molar-refractivity contribution < 1.29 is 4.79 Å². The molecule has 0 bridgehead atoms. The first-order chi connectivity index (χ1) is 12.5. The molecular formula is C17H18N4O2S3. The van der Waals surface area contributed by atoms with Gasteiger partial charge >= 0.3 is 0 Å². The third-order valence-electron chi connectivity index (χ3n) is 4.31. The van der Waals surface area contributed by atoms with Gasteiger partial charge in [-0.3, -0.25) is 9.59 Å². The van der Waals surface area contributed by atoms with Crippen LogP contribution in [0, 0.1) is 6.92 Å². The molecule has 3 aromatic rings. The zero-order valence-corrected chi connectivity index (χ0v) is 16.9. The van der Waals surface area contributed by atoms with E-state index in [0.717, 1.165) is 35.2 Å². The van der Waals surface area contributed by atoms with E-state index in [0.29, 0.717) is 10.3 Å². The number of nitrogens with zero attached hydrogens (tertiary/aromatic N) is 2. The molecule has 1 atom stereocenters. The van der Waals surface area contributed by atoms with Crippen molar-refractivity contribution in [2.45, 2.75) is 49.9 Å². The van der Waals surface area contributed by atoms with Gasteiger partial charge in [0.25, 0.3) is 5.56 Å². The highest BCUT2D eigenvalue weighted by Crippen LogP contribution is 2.34. The molecule has 0 aliphatic heterocycles. The number of aromatic amines is 1. The number of thiophene rings is 1. The number of nitrogens with one attached hydrogen (secondary N) is 2. The molecule has 26 heavy (non-hydrogen) atoms. The van der Waals surface area contributed by atoms with E-state index < -0.39 is 5.25 Å². The Kier molecular flexibility index (Phi) is 4.85. The van der Waals surface area contributed by atoms with E-state index in [9.17, 15) is 9.59 Å². The van der Waals surface area contributed by atoms with Gasteiger partial charge in [0.05, 0.1) is 16.3 Å². The number of fused-ring (bicyclic) bond motifs is 3. The lowest BCUT2D eigenvalue weighted by atomic mass is 9.97. The third-order valence-corrected chi connectivity index (χ3v) is 7.36. The van der Waals surface area contributed by atoms with Gasteiger partial charge in [0.2, 0.25) is 5.91 Å². The van der Waals surface area contributed by atoms with Gasteiger partial charge in [0, 0.05) is 10.3 Å². The molecule has 6 nitrogen and oxygen atoms in total. The first-order valence-electron chi connectivity index (χ1n) is 8.45. The maximum atomic E-state index is 12.6. The van der Waals surface area contributed by atoms with Gasteiger partial charge in [0.1, 0.15) is 4.83 Å². The summed E-state index contributed by atoms with van der Waals surface area (Å²) in [7, 11) is 0. The van der Waals surface area contributed by atoms with Crippen LogP contribution in [0.4, 0.5) is 5.13 Å². The molecule has 0 saturated carbocycles. The van der Waals surface area contributed by atoms with E-state index in [1.54, 1.807) is 18.3 Å². The summed E-state index contributed by atoms with van der Waals surface area (Å²) in [4.78, 5) is 38.7. The fourth-order valence-electron chi connectivity index (χ4n) is 3.04. The number of amides is 1. The van der Waals surface area contributed by atoms with Crippen molar-refractivity contribution in [2.24, 2.45) is 0 Å². The largest absolute Gasteiger partial charge is 0.301 e. The fourth-order valence-corrected chi connectivity index (χ4v) is 5.85. The smallest absolute Gasteiger partial charge is 0.260 e. The van der Waals surface area contributed by atoms with Crippen molar-refractivity contribution >= 4 is 55.7 Å². The zero-order chi connectivity index (χ0) is 18.3. The molecule has 9 heteroatoms. The molecular weight excluding hydrogens is 388 g/mol. The van der Waals surface area contributed by atoms with Crippen LogP contribution < -0.4 is 10.9 Å². The van der Waals surface area contributed by atoms with Crippen LogP contribution in [-0.4, -0.2) is 26.1 Å². The quantitative estimate of drug-likeness (QED) is 0.509. The number of aryl methyl sites for hydroxylation is 3. The Labute approximate surface area is 162 Å². The fraction of sp³-hybridized carbons (Fsp3) is 0.412. The molecule has 1 aliphatic carbocycles. The minimum absolute atomic E-state index is 0.0972. The van der Waals surface area contributed by atoms with Gasteiger partial charge in [-0.05, 0) is 45.1 Å². The van der Waals surface area contributed by atoms with Gasteiger partial charge in [-0.2, -0.15) is 0 Å². The molecule has 1 amide bonds. The second-order valence-corrected chi connectivity index (χ2v) is 9.58. The Morgan fingerprint density at radius 3 is 2.92 bits per heavy atom. The Bertz CT molecular complexity index is 1040. The molecule has 136 valence electrons. The SMILES string of the molecule is Cc1csc(NC(=O)[C@@H](C)Sc2nc3sc4c(c3c(=O)[nH]2)CCCC4)n1. The third kappa shape index (κ3) is 3.43. The average Bonchev–Trinajstić information content (AvgIpc) is 3.17. The Morgan fingerprint density at radius 2 is 2.15 bits per heavy atom. The van der Waals surface area contributed by atoms with Crippen LogP contribution in [0.15, 0.2) is 15.3 Å². The molecule has 2 N–H and O–H groups in total. The number of thiazole rings is 1. The highest BCUT2D eigenvalue weighted by atomic mass is 32.2. The second kappa shape index (κ2) is 7.13. The Hall–Kier alpha value is -1.71. The molecule has 0 radical (unpaired) electrons. The summed E-state index contributed by atoms with van der Waals surface area (Å²) in [5.41, 5.74) is 1.95. The van der Waals surface area contributed by atoms with E-state index in [4.69, 9.17) is 0 Å². The zero-order valence-electron chi connectivity index (χ0n) is 14.4. The first kappa shape index (κ1) is 17.7. The molecule has 3 aromatic heterocycles. The van der Waals surface area contributed by atoms with Gasteiger partial charge in [-0.15, -0.1) is 22.7 Å². The van der Waals surface area contributed by atoms with E-state index in [-0.39, 0.29) is 11.5 Å². The molecule has 0 fully saturated rings. The van der Waals surface area contributed by atoms with Crippen molar-refractivity contribution in [1.29, 1.82) is 0 Å². The van der Waals surface area contributed by atoms with Crippen molar-refractivity contribution in [3.63, 3.8) is 0 Å². The second-order valence-electron chi connectivity index (χ2n) is 6.31. The number of rotatable bonds is 4. The van der Waals surface area contributed by atoms with E-state index in [2.05, 4.69) is 20.3 Å². The first-order valence-corrected chi connectivity index (χ1v) is 11.0. The number of carbonyl (C=O) groups is 1. The summed E-state index contributed by atoms with van der Waals surface area (Å²) in [6.45, 7) is 3.68. The normalized spacial score (nSPS) is 15.0. The predicted octanol–water partition coefficient (Wildman–Crippen LogP) is 3.75. The summed E-state index contributed by atoms with van der Waals surface area (Å²) in [6.07, 6.45) is 4.29. The number of H-pyrrole nitrogens is 1. The molecule has 0 spiro atoms. The molecule has 4 rings (SSSR count). The van der Waals surface area contributed by atoms with Crippen molar-refractivity contribution in [3.8, 4) is 0 Å². The predicted molar refractivity (Wildman–Crippen MR) is 108 cm³/mol. The molecule has 0 aromatic carbocycles. The van der Waals surface area contributed by atoms with Crippen LogP contribution in [-0.2, 0) is 17.6 Å². The molecule has 1 aliphatic rings. The molecule has 3 heterocycles. The number of thioether (sulfide) groups is 1. The van der Waals surface area contributed by atoms with Crippen LogP contribution in [0.2, 0.25) is 0 Å². The lowest BCUT2D eigenvalue weighted by molar-refractivity contribution is -0.115. The lowest BCUT2D eigenvalue weighted by Crippen LogP contribution is -2.23. The summed E-state index contributed by atoms with van der Waals surface area (Å²) >= 11 is 4.27. The van der Waals surface area contributed by atoms with Crippen LogP contribution in [0.3, 0.4) is 0 Å². The highest BCUT2D eigenvalue weighted by Gasteiger charge is 2.22.